The molecule has 5 rings (SSSR count). The summed E-state index contributed by atoms with van der Waals surface area (Å²) in [6.07, 6.45) is 4.50. The fraction of sp³-hybridized carbons (Fsp3) is 0.333. The number of benzene rings is 1. The van der Waals surface area contributed by atoms with Crippen LogP contribution in [0.15, 0.2) is 36.5 Å². The first-order valence-electron chi connectivity index (χ1n) is 9.57. The molecule has 0 radical (unpaired) electrons. The molecular formula is C21H20F2N4O. The van der Waals surface area contributed by atoms with E-state index in [-0.39, 0.29) is 11.9 Å². The van der Waals surface area contributed by atoms with E-state index in [0.717, 1.165) is 54.9 Å². The summed E-state index contributed by atoms with van der Waals surface area (Å²) in [4.78, 5) is 15.2. The van der Waals surface area contributed by atoms with Crippen molar-refractivity contribution in [3.63, 3.8) is 0 Å². The van der Waals surface area contributed by atoms with E-state index in [0.29, 0.717) is 17.9 Å². The van der Waals surface area contributed by atoms with E-state index >= 15 is 0 Å². The number of nitrogens with zero attached hydrogens (tertiary/aromatic N) is 4. The van der Waals surface area contributed by atoms with E-state index in [2.05, 4.69) is 9.67 Å². The van der Waals surface area contributed by atoms with Crippen LogP contribution >= 0.6 is 0 Å². The van der Waals surface area contributed by atoms with Crippen molar-refractivity contribution in [3.05, 3.63) is 70.8 Å². The van der Waals surface area contributed by atoms with Gasteiger partial charge in [0.2, 0.25) is 0 Å². The minimum Gasteiger partial charge on any atom is -0.348 e. The normalized spacial score (nSPS) is 18.2. The summed E-state index contributed by atoms with van der Waals surface area (Å²) in [6, 6.07) is 7.71. The van der Waals surface area contributed by atoms with Crippen molar-refractivity contribution in [1.29, 1.82) is 0 Å². The molecule has 2 aliphatic rings. The number of halogens is 2. The van der Waals surface area contributed by atoms with Crippen LogP contribution in [0.25, 0.3) is 5.69 Å². The third-order valence-electron chi connectivity index (χ3n) is 5.88. The van der Waals surface area contributed by atoms with E-state index in [4.69, 9.17) is 0 Å². The molecule has 1 aromatic carbocycles. The molecule has 0 fully saturated rings. The molecule has 0 saturated carbocycles. The molecule has 2 aromatic heterocycles. The van der Waals surface area contributed by atoms with Gasteiger partial charge in [0, 0.05) is 42.3 Å². The van der Waals surface area contributed by atoms with Crippen LogP contribution in [0, 0.1) is 11.6 Å². The Morgan fingerprint density at radius 2 is 2.00 bits per heavy atom. The summed E-state index contributed by atoms with van der Waals surface area (Å²) >= 11 is 0. The lowest BCUT2D eigenvalue weighted by molar-refractivity contribution is 0.0636. The molecular weight excluding hydrogens is 362 g/mol. The highest BCUT2D eigenvalue weighted by Crippen LogP contribution is 2.32. The molecule has 3 heterocycles. The Bertz CT molecular complexity index is 1080. The van der Waals surface area contributed by atoms with Crippen LogP contribution in [0.2, 0.25) is 0 Å². The average molecular weight is 382 g/mol. The van der Waals surface area contributed by atoms with Crippen LogP contribution in [0.4, 0.5) is 8.78 Å². The first kappa shape index (κ1) is 17.2. The van der Waals surface area contributed by atoms with Crippen molar-refractivity contribution in [2.45, 2.75) is 38.8 Å². The zero-order valence-electron chi connectivity index (χ0n) is 15.5. The minimum atomic E-state index is -0.918. The van der Waals surface area contributed by atoms with E-state index < -0.39 is 11.6 Å². The van der Waals surface area contributed by atoms with E-state index in [1.165, 1.54) is 6.07 Å². The topological polar surface area (TPSA) is 43.1 Å². The molecule has 0 N–H and O–H groups in total. The van der Waals surface area contributed by atoms with E-state index in [1.54, 1.807) is 4.68 Å². The quantitative estimate of drug-likeness (QED) is 0.679. The fourth-order valence-corrected chi connectivity index (χ4v) is 4.43. The van der Waals surface area contributed by atoms with Crippen LogP contribution in [0.3, 0.4) is 0 Å². The summed E-state index contributed by atoms with van der Waals surface area (Å²) in [5, 5.41) is 4.56. The molecule has 0 saturated heterocycles. The second kappa shape index (κ2) is 6.29. The largest absolute Gasteiger partial charge is 0.348 e. The first-order valence-corrected chi connectivity index (χ1v) is 9.57. The lowest BCUT2D eigenvalue weighted by atomic mass is 10.1. The molecule has 0 bridgehead atoms. The zero-order valence-corrected chi connectivity index (χ0v) is 15.5. The first-order chi connectivity index (χ1) is 13.5. The highest BCUT2D eigenvalue weighted by Gasteiger charge is 2.34. The number of carbonyl (C=O) groups is 1. The number of aromatic nitrogens is 3. The Balaban J connectivity index is 1.54. The predicted molar refractivity (Wildman–Crippen MR) is 99.4 cm³/mol. The Hall–Kier alpha value is -2.96. The number of hydrogen-bond acceptors (Lipinski definition) is 2. The number of carbonyl (C=O) groups excluding carboxylic acids is 1. The zero-order chi connectivity index (χ0) is 19.4. The van der Waals surface area contributed by atoms with Crippen molar-refractivity contribution >= 4 is 5.91 Å². The summed E-state index contributed by atoms with van der Waals surface area (Å²) in [5.41, 5.74) is 3.84. The molecule has 7 heteroatoms. The fourth-order valence-electron chi connectivity index (χ4n) is 4.43. The Labute approximate surface area is 161 Å². The van der Waals surface area contributed by atoms with Crippen LogP contribution in [0.1, 0.15) is 46.8 Å². The van der Waals surface area contributed by atoms with Crippen molar-refractivity contribution < 1.29 is 13.6 Å². The SMILES string of the molecule is CC1c2cccn2CCN1C(=O)c1nn(-c2ccc(F)c(F)c2)c2c1CCC2. The Morgan fingerprint density at radius 3 is 2.82 bits per heavy atom. The molecule has 1 aliphatic carbocycles. The van der Waals surface area contributed by atoms with Gasteiger partial charge in [-0.1, -0.05) is 0 Å². The molecule has 1 atom stereocenters. The van der Waals surface area contributed by atoms with Crippen LogP contribution < -0.4 is 0 Å². The third-order valence-corrected chi connectivity index (χ3v) is 5.88. The van der Waals surface area contributed by atoms with Crippen molar-refractivity contribution in [3.8, 4) is 5.69 Å². The van der Waals surface area contributed by atoms with Gasteiger partial charge in [0.25, 0.3) is 5.91 Å². The lowest BCUT2D eigenvalue weighted by Crippen LogP contribution is -2.41. The van der Waals surface area contributed by atoms with Gasteiger partial charge in [-0.25, -0.2) is 13.5 Å². The number of rotatable bonds is 2. The number of fused-ring (bicyclic) bond motifs is 2. The molecule has 0 spiro atoms. The lowest BCUT2D eigenvalue weighted by Gasteiger charge is -2.34. The van der Waals surface area contributed by atoms with Gasteiger partial charge in [-0.15, -0.1) is 0 Å². The Morgan fingerprint density at radius 1 is 1.14 bits per heavy atom. The molecule has 1 unspecified atom stereocenters. The average Bonchev–Trinajstić information content (AvgIpc) is 3.39. The summed E-state index contributed by atoms with van der Waals surface area (Å²) in [5.74, 6) is -1.91. The maximum Gasteiger partial charge on any atom is 0.275 e. The highest BCUT2D eigenvalue weighted by atomic mass is 19.2. The van der Waals surface area contributed by atoms with Crippen LogP contribution in [0.5, 0.6) is 0 Å². The molecule has 144 valence electrons. The standard InChI is InChI=1S/C21H20F2N4O/c1-13-18-6-3-9-25(18)10-11-26(13)21(28)20-15-4-2-5-19(15)27(24-20)14-7-8-16(22)17(23)12-14/h3,6-9,12-13H,2,4-5,10-11H2,1H3. The van der Waals surface area contributed by atoms with Gasteiger partial charge in [0.1, 0.15) is 0 Å². The molecule has 1 aliphatic heterocycles. The van der Waals surface area contributed by atoms with Gasteiger partial charge in [-0.3, -0.25) is 4.79 Å². The van der Waals surface area contributed by atoms with Gasteiger partial charge < -0.3 is 9.47 Å². The van der Waals surface area contributed by atoms with Gasteiger partial charge >= 0.3 is 0 Å². The summed E-state index contributed by atoms with van der Waals surface area (Å²) in [7, 11) is 0. The maximum absolute atomic E-state index is 13.7. The van der Waals surface area contributed by atoms with Gasteiger partial charge in [-0.05, 0) is 50.5 Å². The molecule has 28 heavy (non-hydrogen) atoms. The minimum absolute atomic E-state index is 0.0401. The number of hydrogen-bond donors (Lipinski definition) is 0. The van der Waals surface area contributed by atoms with E-state index in [1.807, 2.05) is 30.2 Å². The van der Waals surface area contributed by atoms with Crippen LogP contribution in [-0.2, 0) is 19.4 Å². The van der Waals surface area contributed by atoms with Crippen molar-refractivity contribution in [2.75, 3.05) is 6.54 Å². The van der Waals surface area contributed by atoms with Crippen molar-refractivity contribution in [1.82, 2.24) is 19.2 Å². The second-order valence-electron chi connectivity index (χ2n) is 7.44. The smallest absolute Gasteiger partial charge is 0.275 e. The second-order valence-corrected chi connectivity index (χ2v) is 7.44. The third kappa shape index (κ3) is 2.49. The monoisotopic (exact) mass is 382 g/mol. The maximum atomic E-state index is 13.7. The van der Waals surface area contributed by atoms with Gasteiger partial charge in [0.05, 0.1) is 11.7 Å². The molecule has 3 aromatic rings. The summed E-state index contributed by atoms with van der Waals surface area (Å²) in [6.45, 7) is 3.40. The summed E-state index contributed by atoms with van der Waals surface area (Å²) < 4.78 is 30.8. The predicted octanol–water partition coefficient (Wildman–Crippen LogP) is 3.66. The van der Waals surface area contributed by atoms with Crippen molar-refractivity contribution in [2.24, 2.45) is 0 Å². The van der Waals surface area contributed by atoms with Gasteiger partial charge in [0.15, 0.2) is 17.3 Å². The number of amides is 1. The highest BCUT2D eigenvalue weighted by molar-refractivity contribution is 5.94. The molecule has 5 nitrogen and oxygen atoms in total. The van der Waals surface area contributed by atoms with Crippen LogP contribution in [-0.4, -0.2) is 31.7 Å². The Kier molecular flexibility index (Phi) is 3.86. The molecule has 1 amide bonds. The van der Waals surface area contributed by atoms with Gasteiger partial charge in [-0.2, -0.15) is 5.10 Å². The van der Waals surface area contributed by atoms with E-state index in [9.17, 15) is 13.6 Å².